The van der Waals surface area contributed by atoms with Crippen molar-refractivity contribution in [2.75, 3.05) is 30.4 Å². The summed E-state index contributed by atoms with van der Waals surface area (Å²) in [5.74, 6) is 0.482. The molecule has 0 aliphatic carbocycles. The molecule has 4 rings (SSSR count). The van der Waals surface area contributed by atoms with Crippen molar-refractivity contribution in [3.8, 4) is 6.01 Å². The number of ether oxygens (including phenoxy) is 1. The van der Waals surface area contributed by atoms with Gasteiger partial charge in [0.05, 0.1) is 0 Å². The quantitative estimate of drug-likeness (QED) is 0.142. The zero-order valence-electron chi connectivity index (χ0n) is 17.7. The molecular weight excluding hydrogens is 606 g/mol. The molecule has 0 spiro atoms. The van der Waals surface area contributed by atoms with E-state index >= 15 is 0 Å². The molecule has 0 atom stereocenters. The molecule has 0 unspecified atom stereocenters. The van der Waals surface area contributed by atoms with Gasteiger partial charge in [-0.25, -0.2) is 0 Å². The Kier molecular flexibility index (Phi) is 7.45. The average molecular weight is 636 g/mol. The van der Waals surface area contributed by atoms with Crippen molar-refractivity contribution in [1.82, 2.24) is 14.9 Å². The minimum absolute atomic E-state index is 0.351. The number of likely N-dealkylation sites (tertiary alicyclic amines) is 1. The molecule has 2 N–H and O–H groups in total. The first kappa shape index (κ1) is 22.2. The zero-order chi connectivity index (χ0) is 21.1. The third-order valence-electron chi connectivity index (χ3n) is 5.33. The maximum absolute atomic E-state index is 13.2. The number of aromatic nitrogens is 2. The van der Waals surface area contributed by atoms with E-state index in [1.807, 2.05) is 0 Å². The van der Waals surface area contributed by atoms with Gasteiger partial charge in [0.2, 0.25) is 0 Å². The summed E-state index contributed by atoms with van der Waals surface area (Å²) in [5.41, 5.74) is 8.88. The van der Waals surface area contributed by atoms with E-state index in [9.17, 15) is 4.79 Å². The number of alkyl halides is 2. The maximum atomic E-state index is 13.2. The summed E-state index contributed by atoms with van der Waals surface area (Å²) in [4.78, 5) is 26.9. The molecule has 2 aliphatic heterocycles. The topological polar surface area (TPSA) is 81.3 Å². The van der Waals surface area contributed by atoms with E-state index in [-0.39, 0.29) is 0 Å². The van der Waals surface area contributed by atoms with Gasteiger partial charge in [-0.2, -0.15) is 0 Å². The van der Waals surface area contributed by atoms with Crippen molar-refractivity contribution in [1.29, 1.82) is 0 Å². The van der Waals surface area contributed by atoms with Crippen LogP contribution in [0.4, 0.5) is 10.6 Å². The van der Waals surface area contributed by atoms with E-state index in [2.05, 4.69) is 46.0 Å². The van der Waals surface area contributed by atoms with Crippen molar-refractivity contribution < 1.29 is 9.53 Å². The number of fused-ring (bicyclic) bond motifs is 1. The summed E-state index contributed by atoms with van der Waals surface area (Å²) in [6.07, 6.45) is 4.61. The van der Waals surface area contributed by atoms with Crippen molar-refractivity contribution in [2.45, 2.75) is 43.6 Å². The van der Waals surface area contributed by atoms with Gasteiger partial charge in [-0.3, -0.25) is 0 Å². The van der Waals surface area contributed by atoms with Gasteiger partial charge in [0.15, 0.2) is 0 Å². The van der Waals surface area contributed by atoms with Crippen LogP contribution >= 0.6 is 39.6 Å². The Morgan fingerprint density at radius 3 is 2.73 bits per heavy atom. The molecule has 0 bridgehead atoms. The number of nitrogens with two attached hydrogens (primary N) is 1. The van der Waals surface area contributed by atoms with Gasteiger partial charge < -0.3 is 0 Å². The standard InChI is InChI=1S/C22H30I2N4O2/c1-3-4-12-30-22-26-19-18(20(25)27-22)23(2)21(29)24(19)14-16-8-7-9-17(13-16)15-28-10-5-6-11-28/h7-9,13H,3-6,10-12,14-15H2,1-2H3,(H2,25,26,27). The van der Waals surface area contributed by atoms with Crippen molar-refractivity contribution in [3.63, 3.8) is 0 Å². The van der Waals surface area contributed by atoms with Gasteiger partial charge in [-0.05, 0) is 0 Å². The van der Waals surface area contributed by atoms with Gasteiger partial charge in [0, 0.05) is 0 Å². The zero-order valence-corrected chi connectivity index (χ0v) is 22.0. The number of nitrogen functional groups attached to an aromatic ring is 1. The molecule has 1 fully saturated rings. The molecule has 3 heterocycles. The van der Waals surface area contributed by atoms with Crippen LogP contribution in [-0.4, -0.2) is 41.3 Å². The second kappa shape index (κ2) is 10.1. The number of benzene rings is 1. The number of rotatable bonds is 8. The summed E-state index contributed by atoms with van der Waals surface area (Å²) in [6.45, 7) is 6.09. The molecule has 164 valence electrons. The van der Waals surface area contributed by atoms with E-state index in [4.69, 9.17) is 15.5 Å². The number of hydrogen-bond donors (Lipinski definition) is 1. The van der Waals surface area contributed by atoms with Crippen LogP contribution in [0.1, 0.15) is 43.7 Å². The third-order valence-corrected chi connectivity index (χ3v) is 22.4. The predicted molar refractivity (Wildman–Crippen MR) is 138 cm³/mol. The fraction of sp³-hybridized carbons (Fsp3) is 0.500. The number of halogens is 2. The number of carbonyl (C=O) groups excluding carboxylic acids is 1. The molecule has 0 saturated carbocycles. The second-order valence-electron chi connectivity index (χ2n) is 7.70. The minimum atomic E-state index is -2.12. The van der Waals surface area contributed by atoms with E-state index in [1.54, 1.807) is 0 Å². The first-order valence-electron chi connectivity index (χ1n) is 10.5. The molecule has 1 saturated heterocycles. The molecule has 8 heteroatoms. The Labute approximate surface area is 193 Å². The molecule has 0 amide bonds. The molecule has 1 aromatic carbocycles. The van der Waals surface area contributed by atoms with Gasteiger partial charge in [0.25, 0.3) is 0 Å². The number of carbonyl (C=O) groups is 1. The van der Waals surface area contributed by atoms with Crippen LogP contribution in [0.15, 0.2) is 24.3 Å². The summed E-state index contributed by atoms with van der Waals surface area (Å²) in [5, 5.41) is 0. The summed E-state index contributed by atoms with van der Waals surface area (Å²) < 4.78 is 9.03. The van der Waals surface area contributed by atoms with E-state index in [0.717, 1.165) is 31.1 Å². The first-order chi connectivity index (χ1) is 14.6. The molecule has 6 nitrogen and oxygen atoms in total. The van der Waals surface area contributed by atoms with Crippen LogP contribution in [0.3, 0.4) is 0 Å². The monoisotopic (exact) mass is 636 g/mol. The van der Waals surface area contributed by atoms with Gasteiger partial charge in [0.1, 0.15) is 0 Å². The van der Waals surface area contributed by atoms with Crippen molar-refractivity contribution in [2.24, 2.45) is 0 Å². The average Bonchev–Trinajstić information content (AvgIpc) is 3.31. The molecule has 30 heavy (non-hydrogen) atoms. The fourth-order valence-electron chi connectivity index (χ4n) is 3.76. The fourth-order valence-corrected chi connectivity index (χ4v) is 22.7. The summed E-state index contributed by atoms with van der Waals surface area (Å²) >= 11 is -4.07. The Bertz CT molecular complexity index is 918. The van der Waals surface area contributed by atoms with Crippen LogP contribution in [0, 0.1) is 7.27 Å². The molecular formula is C22H30I2N4O2. The molecule has 1 aromatic heterocycles. The van der Waals surface area contributed by atoms with Gasteiger partial charge >= 0.3 is 194 Å². The first-order valence-corrected chi connectivity index (χ1v) is 18.5. The second-order valence-corrected chi connectivity index (χ2v) is 19.3. The Morgan fingerprint density at radius 2 is 1.97 bits per heavy atom. The summed E-state index contributed by atoms with van der Waals surface area (Å²) in [7, 11) is 0. The van der Waals surface area contributed by atoms with Gasteiger partial charge in [-0.1, -0.05) is 0 Å². The van der Waals surface area contributed by atoms with Crippen LogP contribution in [0.5, 0.6) is 6.01 Å². The van der Waals surface area contributed by atoms with Crippen LogP contribution in [0.2, 0.25) is 0 Å². The van der Waals surface area contributed by atoms with Crippen molar-refractivity contribution >= 4 is 47.3 Å². The van der Waals surface area contributed by atoms with Gasteiger partial charge in [-0.15, -0.1) is 0 Å². The van der Waals surface area contributed by atoms with E-state index in [0.29, 0.717) is 20.2 Å². The normalized spacial score (nSPS) is 18.8. The van der Waals surface area contributed by atoms with Crippen molar-refractivity contribution in [3.05, 3.63) is 42.7 Å². The Balaban J connectivity index is 1.56. The number of anilines is 1. The molecule has 2 aliphatic rings. The van der Waals surface area contributed by atoms with Crippen LogP contribution in [0.25, 0.3) is 0 Å². The molecule has 2 aromatic rings. The third kappa shape index (κ3) is 4.90. The van der Waals surface area contributed by atoms with Crippen LogP contribution < -0.4 is 10.5 Å². The van der Waals surface area contributed by atoms with E-state index < -0.39 is 39.6 Å². The van der Waals surface area contributed by atoms with Crippen LogP contribution in [-0.2, 0) is 11.0 Å². The number of nitrogens with zero attached hydrogens (tertiary/aromatic N) is 3. The van der Waals surface area contributed by atoms with E-state index in [1.165, 1.54) is 37.1 Å². The predicted octanol–water partition coefficient (Wildman–Crippen LogP) is 5.15. The SMILES string of the molecule is CCCCOc1nc(N)c2c(n1)I(Cc1cccc(CN3CCCC3)c1)C(=O)I2C. The molecule has 0 radical (unpaired) electrons. The summed E-state index contributed by atoms with van der Waals surface area (Å²) in [6, 6.07) is 9.14. The number of unbranched alkanes of at least 4 members (excludes halogenated alkanes) is 1. The Morgan fingerprint density at radius 1 is 1.20 bits per heavy atom. The number of hydrogen-bond acceptors (Lipinski definition) is 6. The Hall–Kier alpha value is -1.01.